The molecule has 5 heterocycles. The highest BCUT2D eigenvalue weighted by molar-refractivity contribution is 5.85. The standard InChI is InChI=1S/C11H12.C10H11N.C6H9N.3C5H8N2.6C2H6/c1-8-7-10-5-3-4-6-11(10)9(8)2;1-8-10-6-4-3-5-9(10)7-11(8)2;1-6-4-3-5-7(6)2;1-5-3-6-4-7(5)2;1-5-6-3-4-7(5)2;1-5-3-4-6-7(5)2;6*1-2/h3-6H,7H2,1-2H3;3-7H,1-2H3;3-5H,1-2H3;3*3-4H,1-2H3;6*1-2H3. The first-order chi connectivity index (χ1) is 29.8. The smallest absolute Gasteiger partial charge is 0.105 e. The first kappa shape index (κ1) is 63.3. The highest BCUT2D eigenvalue weighted by atomic mass is 15.2. The van der Waals surface area contributed by atoms with Gasteiger partial charge in [-0.1, -0.05) is 137 Å². The number of nitrogens with zero attached hydrogens (tertiary/aromatic N) is 8. The monoisotopic (exact) mass is 853 g/mol. The van der Waals surface area contributed by atoms with Crippen LogP contribution in [-0.2, 0) is 41.7 Å². The Bertz CT molecular complexity index is 1860. The van der Waals surface area contributed by atoms with Crippen LogP contribution in [0.2, 0.25) is 0 Å². The van der Waals surface area contributed by atoms with E-state index in [9.17, 15) is 0 Å². The molecule has 8 rings (SSSR count). The molecule has 348 valence electrons. The van der Waals surface area contributed by atoms with E-state index in [2.05, 4.69) is 120 Å². The fourth-order valence-corrected chi connectivity index (χ4v) is 4.97. The summed E-state index contributed by atoms with van der Waals surface area (Å²) in [5.74, 6) is 1.06. The van der Waals surface area contributed by atoms with Gasteiger partial charge in [-0.05, 0) is 95.2 Å². The van der Waals surface area contributed by atoms with Crippen LogP contribution in [0.1, 0.15) is 137 Å². The van der Waals surface area contributed by atoms with E-state index in [1.54, 1.807) is 18.7 Å². The zero-order valence-electron chi connectivity index (χ0n) is 44.2. The van der Waals surface area contributed by atoms with Crippen LogP contribution in [0.15, 0.2) is 116 Å². The number of rotatable bonds is 0. The van der Waals surface area contributed by atoms with Gasteiger partial charge in [0.1, 0.15) is 5.82 Å². The lowest BCUT2D eigenvalue weighted by Crippen LogP contribution is -1.90. The van der Waals surface area contributed by atoms with Gasteiger partial charge in [0.2, 0.25) is 0 Å². The van der Waals surface area contributed by atoms with E-state index >= 15 is 0 Å². The maximum absolute atomic E-state index is 3.98. The molecule has 62 heavy (non-hydrogen) atoms. The summed E-state index contributed by atoms with van der Waals surface area (Å²) in [7, 11) is 9.99. The Morgan fingerprint density at radius 1 is 0.500 bits per heavy atom. The molecular formula is C54H92N8. The Morgan fingerprint density at radius 3 is 1.39 bits per heavy atom. The van der Waals surface area contributed by atoms with Crippen LogP contribution < -0.4 is 0 Å². The molecular weight excluding hydrogens is 761 g/mol. The van der Waals surface area contributed by atoms with E-state index in [1.165, 1.54) is 55.8 Å². The van der Waals surface area contributed by atoms with Crippen LogP contribution in [0.5, 0.6) is 0 Å². The minimum atomic E-state index is 1.06. The SMILES string of the molecule is CC.CC.CC.CC.CC.CC.CC1=C(C)c2ccccc2C1.Cc1c2ccccc2cn1C.Cc1cccn1C.Cc1ccnn1C.Cc1cncn1C.Cc1nccn1C. The van der Waals surface area contributed by atoms with Gasteiger partial charge in [-0.15, -0.1) is 0 Å². The molecule has 0 saturated heterocycles. The summed E-state index contributed by atoms with van der Waals surface area (Å²) in [6.45, 7) is 38.7. The zero-order valence-corrected chi connectivity index (χ0v) is 44.2. The second-order valence-electron chi connectivity index (χ2n) is 12.7. The van der Waals surface area contributed by atoms with Crippen molar-refractivity contribution in [3.8, 4) is 0 Å². The lowest BCUT2D eigenvalue weighted by molar-refractivity contribution is 0.740. The average molecular weight is 853 g/mol. The first-order valence-electron chi connectivity index (χ1n) is 22.9. The lowest BCUT2D eigenvalue weighted by Gasteiger charge is -1.97. The van der Waals surface area contributed by atoms with Crippen molar-refractivity contribution < 1.29 is 0 Å². The summed E-state index contributed by atoms with van der Waals surface area (Å²) >= 11 is 0. The van der Waals surface area contributed by atoms with Gasteiger partial charge in [0.05, 0.1) is 6.33 Å². The van der Waals surface area contributed by atoms with Gasteiger partial charge in [-0.3, -0.25) is 4.68 Å². The third-order valence-corrected chi connectivity index (χ3v) is 9.12. The average Bonchev–Trinajstić information content (AvgIpc) is 4.19. The van der Waals surface area contributed by atoms with Crippen molar-refractivity contribution in [3.05, 3.63) is 156 Å². The van der Waals surface area contributed by atoms with Gasteiger partial charge in [0.25, 0.3) is 0 Å². The van der Waals surface area contributed by atoms with E-state index in [4.69, 9.17) is 0 Å². The van der Waals surface area contributed by atoms with Crippen molar-refractivity contribution in [2.24, 2.45) is 35.2 Å². The fraction of sp³-hybridized carbons (Fsp3) is 0.463. The third-order valence-electron chi connectivity index (χ3n) is 9.12. The number of hydrogen-bond acceptors (Lipinski definition) is 3. The molecule has 7 aromatic rings. The van der Waals surface area contributed by atoms with Gasteiger partial charge in [0, 0.05) is 101 Å². The van der Waals surface area contributed by atoms with Crippen molar-refractivity contribution in [2.75, 3.05) is 0 Å². The van der Waals surface area contributed by atoms with Crippen molar-refractivity contribution in [1.82, 2.24) is 38.0 Å². The first-order valence-corrected chi connectivity index (χ1v) is 22.9. The predicted molar refractivity (Wildman–Crippen MR) is 278 cm³/mol. The Balaban J connectivity index is -0.000000313. The molecule has 0 amide bonds. The second-order valence-corrected chi connectivity index (χ2v) is 12.7. The quantitative estimate of drug-likeness (QED) is 0.153. The Morgan fingerprint density at radius 2 is 1.06 bits per heavy atom. The summed E-state index contributed by atoms with van der Waals surface area (Å²) in [5.41, 5.74) is 11.0. The van der Waals surface area contributed by atoms with Crippen molar-refractivity contribution in [1.29, 1.82) is 0 Å². The molecule has 0 spiro atoms. The summed E-state index contributed by atoms with van der Waals surface area (Å²) in [5, 5.41) is 6.62. The van der Waals surface area contributed by atoms with E-state index in [0.29, 0.717) is 0 Å². The number of benzene rings is 2. The number of imidazole rings is 2. The van der Waals surface area contributed by atoms with E-state index in [-0.39, 0.29) is 0 Å². The maximum atomic E-state index is 3.98. The van der Waals surface area contributed by atoms with E-state index in [0.717, 1.165) is 12.2 Å². The minimum Gasteiger partial charge on any atom is -0.355 e. The molecule has 0 bridgehead atoms. The van der Waals surface area contributed by atoms with Crippen molar-refractivity contribution in [2.45, 2.75) is 138 Å². The summed E-state index contributed by atoms with van der Waals surface area (Å²) in [6.07, 6.45) is 14.5. The van der Waals surface area contributed by atoms with E-state index < -0.39 is 0 Å². The lowest BCUT2D eigenvalue weighted by atomic mass is 10.1. The Labute approximate surface area is 381 Å². The minimum absolute atomic E-state index is 1.06. The number of allylic oxidation sites excluding steroid dienone is 2. The second kappa shape index (κ2) is 39.7. The topological polar surface area (TPSA) is 63.3 Å². The number of hydrogen-bond donors (Lipinski definition) is 0. The molecule has 0 N–H and O–H groups in total. The molecule has 0 aliphatic heterocycles. The molecule has 0 radical (unpaired) electrons. The molecule has 1 aliphatic carbocycles. The molecule has 0 saturated carbocycles. The molecule has 0 unspecified atom stereocenters. The molecule has 8 nitrogen and oxygen atoms in total. The Kier molecular flexibility index (Phi) is 40.6. The van der Waals surface area contributed by atoms with Gasteiger partial charge in [0.15, 0.2) is 0 Å². The normalized spacial score (nSPS) is 9.48. The number of aryl methyl sites for hydroxylation is 10. The van der Waals surface area contributed by atoms with Gasteiger partial charge < -0.3 is 18.3 Å². The largest absolute Gasteiger partial charge is 0.355 e. The van der Waals surface area contributed by atoms with Crippen LogP contribution in [0, 0.1) is 34.6 Å². The Hall–Kier alpha value is -5.37. The summed E-state index contributed by atoms with van der Waals surface area (Å²) < 4.78 is 10.0. The third kappa shape index (κ3) is 24.2. The van der Waals surface area contributed by atoms with Crippen LogP contribution in [0.25, 0.3) is 16.3 Å². The summed E-state index contributed by atoms with van der Waals surface area (Å²) in [6, 6.07) is 23.2. The van der Waals surface area contributed by atoms with Crippen molar-refractivity contribution in [3.63, 3.8) is 0 Å². The van der Waals surface area contributed by atoms with Gasteiger partial charge >= 0.3 is 0 Å². The van der Waals surface area contributed by atoms with Crippen LogP contribution >= 0.6 is 0 Å². The highest BCUT2D eigenvalue weighted by Gasteiger charge is 2.13. The highest BCUT2D eigenvalue weighted by Crippen LogP contribution is 2.31. The van der Waals surface area contributed by atoms with Crippen LogP contribution in [0.3, 0.4) is 0 Å². The molecule has 2 aromatic carbocycles. The molecule has 8 heteroatoms. The molecule has 0 fully saturated rings. The van der Waals surface area contributed by atoms with Gasteiger partial charge in [-0.25, -0.2) is 9.97 Å². The molecule has 5 aromatic heterocycles. The van der Waals surface area contributed by atoms with Gasteiger partial charge in [-0.2, -0.15) is 5.10 Å². The summed E-state index contributed by atoms with van der Waals surface area (Å²) in [4.78, 5) is 7.86. The zero-order chi connectivity index (χ0) is 48.8. The van der Waals surface area contributed by atoms with E-state index in [1.807, 2.05) is 177 Å². The number of fused-ring (bicyclic) bond motifs is 2. The fourth-order valence-electron chi connectivity index (χ4n) is 4.97. The molecule has 1 aliphatic rings. The predicted octanol–water partition coefficient (Wildman–Crippen LogP) is 15.2. The maximum Gasteiger partial charge on any atom is 0.105 e. The number of aromatic nitrogens is 8. The van der Waals surface area contributed by atoms with Crippen LogP contribution in [-0.4, -0.2) is 38.0 Å². The van der Waals surface area contributed by atoms with Crippen LogP contribution in [0.4, 0.5) is 0 Å². The van der Waals surface area contributed by atoms with Crippen molar-refractivity contribution >= 4 is 16.3 Å². The molecule has 0 atom stereocenters.